The maximum atomic E-state index is 12.6. The third-order valence-electron chi connectivity index (χ3n) is 3.55. The summed E-state index contributed by atoms with van der Waals surface area (Å²) in [5.74, 6) is 0. The average molecular weight is 284 g/mol. The predicted octanol–water partition coefficient (Wildman–Crippen LogP) is 1.21. The van der Waals surface area contributed by atoms with Crippen molar-refractivity contribution in [3.63, 3.8) is 0 Å². The van der Waals surface area contributed by atoms with E-state index in [1.807, 2.05) is 6.07 Å². The van der Waals surface area contributed by atoms with Crippen LogP contribution in [-0.2, 0) is 10.2 Å². The summed E-state index contributed by atoms with van der Waals surface area (Å²) in [7, 11) is -2.02. The molecule has 19 heavy (non-hydrogen) atoms. The summed E-state index contributed by atoms with van der Waals surface area (Å²) in [6.07, 6.45) is 2.53. The average Bonchev–Trinajstić information content (AvgIpc) is 2.47. The van der Waals surface area contributed by atoms with E-state index in [1.165, 1.54) is 8.61 Å². The molecule has 1 heterocycles. The van der Waals surface area contributed by atoms with Crippen molar-refractivity contribution < 1.29 is 13.5 Å². The second-order valence-corrected chi connectivity index (χ2v) is 6.67. The van der Waals surface area contributed by atoms with Crippen LogP contribution in [0.3, 0.4) is 0 Å². The number of nitrogens with zero attached hydrogens (tertiary/aromatic N) is 2. The van der Waals surface area contributed by atoms with Gasteiger partial charge in [0.05, 0.1) is 12.3 Å². The molecule has 1 unspecified atom stereocenters. The Hall–Kier alpha value is -1.11. The maximum Gasteiger partial charge on any atom is 0.304 e. The third-order valence-corrected chi connectivity index (χ3v) is 5.52. The van der Waals surface area contributed by atoms with E-state index in [0.29, 0.717) is 12.2 Å². The number of aliphatic hydroxyl groups is 1. The van der Waals surface area contributed by atoms with Crippen LogP contribution in [0.4, 0.5) is 5.69 Å². The smallest absolute Gasteiger partial charge is 0.304 e. The fraction of sp³-hybridized carbons (Fsp3) is 0.538. The van der Waals surface area contributed by atoms with Gasteiger partial charge in [-0.1, -0.05) is 24.6 Å². The maximum absolute atomic E-state index is 12.6. The minimum atomic E-state index is -3.57. The van der Waals surface area contributed by atoms with E-state index in [0.717, 1.165) is 19.3 Å². The second kappa shape index (κ2) is 5.90. The van der Waals surface area contributed by atoms with Gasteiger partial charge in [-0.2, -0.15) is 12.7 Å². The van der Waals surface area contributed by atoms with Crippen LogP contribution in [0.15, 0.2) is 30.3 Å². The van der Waals surface area contributed by atoms with Crippen LogP contribution in [0.5, 0.6) is 0 Å². The van der Waals surface area contributed by atoms with Crippen molar-refractivity contribution in [3.8, 4) is 0 Å². The van der Waals surface area contributed by atoms with Crippen LogP contribution in [0.1, 0.15) is 19.3 Å². The number of piperidine rings is 1. The molecule has 2 rings (SSSR count). The Morgan fingerprint density at radius 3 is 2.63 bits per heavy atom. The summed E-state index contributed by atoms with van der Waals surface area (Å²) in [5, 5.41) is 9.35. The zero-order chi connectivity index (χ0) is 13.9. The molecule has 1 aliphatic heterocycles. The lowest BCUT2D eigenvalue weighted by atomic mass is 10.1. The molecular weight excluding hydrogens is 264 g/mol. The number of hydrogen-bond acceptors (Lipinski definition) is 3. The molecule has 1 saturated heterocycles. The fourth-order valence-electron chi connectivity index (χ4n) is 2.39. The van der Waals surface area contributed by atoms with Crippen molar-refractivity contribution in [1.82, 2.24) is 4.31 Å². The number of para-hydroxylation sites is 1. The number of anilines is 1. The minimum absolute atomic E-state index is 0.123. The van der Waals surface area contributed by atoms with Crippen LogP contribution < -0.4 is 4.31 Å². The highest BCUT2D eigenvalue weighted by Crippen LogP contribution is 2.24. The molecule has 1 aromatic carbocycles. The highest BCUT2D eigenvalue weighted by atomic mass is 32.2. The molecule has 0 saturated carbocycles. The van der Waals surface area contributed by atoms with Gasteiger partial charge in [0.1, 0.15) is 0 Å². The standard InChI is InChI=1S/C13H20N2O3S/c1-14(12-7-3-2-4-8-12)19(17,18)15-10-6-5-9-13(15)11-16/h2-4,7-8,13,16H,5-6,9-11H2,1H3. The van der Waals surface area contributed by atoms with Gasteiger partial charge < -0.3 is 5.11 Å². The second-order valence-electron chi connectivity index (χ2n) is 4.75. The molecule has 1 atom stereocenters. The Morgan fingerprint density at radius 2 is 2.00 bits per heavy atom. The molecule has 1 aromatic rings. The third kappa shape index (κ3) is 2.91. The fourth-order valence-corrected chi connectivity index (χ4v) is 4.00. The first-order chi connectivity index (χ1) is 9.07. The molecule has 1 N–H and O–H groups in total. The molecule has 0 spiro atoms. The number of hydrogen-bond donors (Lipinski definition) is 1. The summed E-state index contributed by atoms with van der Waals surface area (Å²) in [6.45, 7) is 0.354. The van der Waals surface area contributed by atoms with Crippen molar-refractivity contribution in [1.29, 1.82) is 0 Å². The van der Waals surface area contributed by atoms with Gasteiger partial charge in [-0.25, -0.2) is 0 Å². The summed E-state index contributed by atoms with van der Waals surface area (Å²) >= 11 is 0. The molecule has 0 bridgehead atoms. The summed E-state index contributed by atoms with van der Waals surface area (Å²) in [6, 6.07) is 8.68. The normalized spacial score (nSPS) is 21.3. The van der Waals surface area contributed by atoms with Gasteiger partial charge in [0.2, 0.25) is 0 Å². The van der Waals surface area contributed by atoms with E-state index in [1.54, 1.807) is 31.3 Å². The Bertz CT molecular complexity index is 504. The molecule has 6 heteroatoms. The van der Waals surface area contributed by atoms with E-state index in [-0.39, 0.29) is 12.6 Å². The van der Waals surface area contributed by atoms with Crippen molar-refractivity contribution in [2.24, 2.45) is 0 Å². The molecule has 1 fully saturated rings. The molecule has 0 amide bonds. The van der Waals surface area contributed by atoms with E-state index >= 15 is 0 Å². The van der Waals surface area contributed by atoms with E-state index in [9.17, 15) is 13.5 Å². The van der Waals surface area contributed by atoms with Crippen molar-refractivity contribution in [3.05, 3.63) is 30.3 Å². The lowest BCUT2D eigenvalue weighted by molar-refractivity contribution is 0.155. The molecule has 0 radical (unpaired) electrons. The Labute approximate surface area is 114 Å². The summed E-state index contributed by atoms with van der Waals surface area (Å²) < 4.78 is 27.9. The first-order valence-corrected chi connectivity index (χ1v) is 7.88. The lowest BCUT2D eigenvalue weighted by Gasteiger charge is -2.36. The molecule has 106 valence electrons. The molecule has 0 aromatic heterocycles. The van der Waals surface area contributed by atoms with Gasteiger partial charge in [0.25, 0.3) is 0 Å². The van der Waals surface area contributed by atoms with Crippen LogP contribution in [0.25, 0.3) is 0 Å². The Kier molecular flexibility index (Phi) is 4.44. The largest absolute Gasteiger partial charge is 0.395 e. The molecule has 5 nitrogen and oxygen atoms in total. The van der Waals surface area contributed by atoms with Gasteiger partial charge >= 0.3 is 10.2 Å². The zero-order valence-electron chi connectivity index (χ0n) is 11.1. The van der Waals surface area contributed by atoms with Crippen LogP contribution in [0, 0.1) is 0 Å². The Balaban J connectivity index is 2.26. The predicted molar refractivity (Wildman–Crippen MR) is 75.2 cm³/mol. The summed E-state index contributed by atoms with van der Waals surface area (Å²) in [5.41, 5.74) is 0.629. The van der Waals surface area contributed by atoms with Crippen molar-refractivity contribution in [2.45, 2.75) is 25.3 Å². The first kappa shape index (κ1) is 14.3. The first-order valence-electron chi connectivity index (χ1n) is 6.49. The molecule has 0 aliphatic carbocycles. The minimum Gasteiger partial charge on any atom is -0.395 e. The van der Waals surface area contributed by atoms with Crippen LogP contribution >= 0.6 is 0 Å². The number of benzene rings is 1. The van der Waals surface area contributed by atoms with Crippen molar-refractivity contribution >= 4 is 15.9 Å². The quantitative estimate of drug-likeness (QED) is 0.904. The zero-order valence-corrected chi connectivity index (χ0v) is 11.9. The summed E-state index contributed by atoms with van der Waals surface area (Å²) in [4.78, 5) is 0. The van der Waals surface area contributed by atoms with Gasteiger partial charge in [-0.3, -0.25) is 4.31 Å². The highest BCUT2D eigenvalue weighted by Gasteiger charge is 2.34. The molecular formula is C13H20N2O3S. The van der Waals surface area contributed by atoms with Crippen molar-refractivity contribution in [2.75, 3.05) is 24.5 Å². The number of aliphatic hydroxyl groups excluding tert-OH is 1. The van der Waals surface area contributed by atoms with Gasteiger partial charge in [-0.05, 0) is 25.0 Å². The van der Waals surface area contributed by atoms with Gasteiger partial charge in [0.15, 0.2) is 0 Å². The molecule has 1 aliphatic rings. The number of rotatable bonds is 4. The van der Waals surface area contributed by atoms with E-state index in [2.05, 4.69) is 0 Å². The topological polar surface area (TPSA) is 60.9 Å². The van der Waals surface area contributed by atoms with Crippen LogP contribution in [-0.4, -0.2) is 44.1 Å². The SMILES string of the molecule is CN(c1ccccc1)S(=O)(=O)N1CCCCC1CO. The Morgan fingerprint density at radius 1 is 1.32 bits per heavy atom. The van der Waals surface area contributed by atoms with Gasteiger partial charge in [-0.15, -0.1) is 0 Å². The lowest BCUT2D eigenvalue weighted by Crippen LogP contribution is -2.51. The van der Waals surface area contributed by atoms with Gasteiger partial charge in [0, 0.05) is 19.6 Å². The van der Waals surface area contributed by atoms with Crippen LogP contribution in [0.2, 0.25) is 0 Å². The van der Waals surface area contributed by atoms with E-state index < -0.39 is 10.2 Å². The van der Waals surface area contributed by atoms with E-state index in [4.69, 9.17) is 0 Å². The highest BCUT2D eigenvalue weighted by molar-refractivity contribution is 7.90. The monoisotopic (exact) mass is 284 g/mol.